The molecule has 4 nitrogen and oxygen atoms in total. The molecule has 0 saturated heterocycles. The van der Waals surface area contributed by atoms with E-state index in [2.05, 4.69) is 0 Å². The molecule has 4 rings (SSSR count). The number of benzene rings is 4. The number of methoxy groups -OCH3 is 2. The third-order valence-corrected chi connectivity index (χ3v) is 4.48. The first-order chi connectivity index (χ1) is 11.7. The molecule has 0 fully saturated rings. The van der Waals surface area contributed by atoms with Crippen LogP contribution in [0.2, 0.25) is 0 Å². The first-order valence-electron chi connectivity index (χ1n) is 7.53. The molecule has 0 N–H and O–H groups in total. The number of hydrogen-bond acceptors (Lipinski definition) is 4. The predicted molar refractivity (Wildman–Crippen MR) is 92.8 cm³/mol. The van der Waals surface area contributed by atoms with E-state index in [4.69, 9.17) is 9.47 Å². The van der Waals surface area contributed by atoms with Gasteiger partial charge in [-0.05, 0) is 44.5 Å². The van der Waals surface area contributed by atoms with Crippen LogP contribution in [0.4, 0.5) is 0 Å². The number of carbonyl (C=O) groups excluding carboxylic acids is 2. The minimum absolute atomic E-state index is 0.374. The van der Waals surface area contributed by atoms with Gasteiger partial charge in [0.05, 0.1) is 25.3 Å². The molecule has 0 aromatic heterocycles. The van der Waals surface area contributed by atoms with Crippen LogP contribution in [0.25, 0.3) is 32.3 Å². The van der Waals surface area contributed by atoms with Crippen molar-refractivity contribution < 1.29 is 19.1 Å². The first kappa shape index (κ1) is 14.5. The second kappa shape index (κ2) is 5.20. The molecule has 0 radical (unpaired) electrons. The van der Waals surface area contributed by atoms with E-state index < -0.39 is 0 Å². The van der Waals surface area contributed by atoms with Gasteiger partial charge >= 0.3 is 11.9 Å². The van der Waals surface area contributed by atoms with E-state index in [-0.39, 0.29) is 11.9 Å². The molecule has 0 spiro atoms. The van der Waals surface area contributed by atoms with Crippen LogP contribution in [0.3, 0.4) is 0 Å². The largest absolute Gasteiger partial charge is 0.465 e. The Balaban J connectivity index is 2.21. The van der Waals surface area contributed by atoms with Crippen LogP contribution in [0.15, 0.2) is 48.5 Å². The maximum absolute atomic E-state index is 12.1. The molecular weight excluding hydrogens is 304 g/mol. The minimum Gasteiger partial charge on any atom is -0.465 e. The fourth-order valence-corrected chi connectivity index (χ4v) is 3.38. The van der Waals surface area contributed by atoms with Crippen molar-refractivity contribution in [3.05, 3.63) is 59.7 Å². The van der Waals surface area contributed by atoms with Crippen LogP contribution in [0, 0.1) is 0 Å². The second-order valence-electron chi connectivity index (χ2n) is 5.63. The standard InChI is InChI=1S/C20H14O4/c1-23-19(21)15-9-5-11-4-8-14-16(20(22)24-2)10-6-12-3-7-13(15)17(11)18(12)14/h3-10H,1-2H3. The normalized spacial score (nSPS) is 11.2. The summed E-state index contributed by atoms with van der Waals surface area (Å²) in [6.45, 7) is 0. The van der Waals surface area contributed by atoms with Crippen molar-refractivity contribution >= 4 is 44.3 Å². The van der Waals surface area contributed by atoms with Gasteiger partial charge in [-0.15, -0.1) is 0 Å². The number of rotatable bonds is 2. The molecule has 4 aromatic rings. The van der Waals surface area contributed by atoms with E-state index in [1.807, 2.05) is 36.4 Å². The Morgan fingerprint density at radius 3 is 1.38 bits per heavy atom. The summed E-state index contributed by atoms with van der Waals surface area (Å²) >= 11 is 0. The van der Waals surface area contributed by atoms with Crippen molar-refractivity contribution in [3.8, 4) is 0 Å². The Hall–Kier alpha value is -3.14. The monoisotopic (exact) mass is 318 g/mol. The lowest BCUT2D eigenvalue weighted by Crippen LogP contribution is -2.04. The lowest BCUT2D eigenvalue weighted by atomic mass is 9.90. The molecule has 0 heterocycles. The van der Waals surface area contributed by atoms with Gasteiger partial charge in [0.1, 0.15) is 0 Å². The lowest BCUT2D eigenvalue weighted by molar-refractivity contribution is 0.0594. The van der Waals surface area contributed by atoms with E-state index in [1.54, 1.807) is 12.1 Å². The highest BCUT2D eigenvalue weighted by molar-refractivity contribution is 6.28. The Bertz CT molecular complexity index is 1020. The third-order valence-electron chi connectivity index (χ3n) is 4.48. The minimum atomic E-state index is -0.374. The predicted octanol–water partition coefficient (Wildman–Crippen LogP) is 4.16. The molecular formula is C20H14O4. The summed E-state index contributed by atoms with van der Waals surface area (Å²) in [5, 5.41) is 5.58. The summed E-state index contributed by atoms with van der Waals surface area (Å²) in [6, 6.07) is 15.1. The van der Waals surface area contributed by atoms with Gasteiger partial charge in [0.15, 0.2) is 0 Å². The zero-order chi connectivity index (χ0) is 16.8. The highest BCUT2D eigenvalue weighted by Gasteiger charge is 2.18. The van der Waals surface area contributed by atoms with Crippen LogP contribution in [-0.4, -0.2) is 26.2 Å². The maximum Gasteiger partial charge on any atom is 0.338 e. The molecule has 0 atom stereocenters. The smallest absolute Gasteiger partial charge is 0.338 e. The fourth-order valence-electron chi connectivity index (χ4n) is 3.38. The lowest BCUT2D eigenvalue weighted by Gasteiger charge is -2.14. The molecule has 0 aliphatic heterocycles. The molecule has 0 aliphatic carbocycles. The SMILES string of the molecule is COC(=O)c1ccc2ccc3c(C(=O)OC)ccc4ccc1c2c43. The zero-order valence-corrected chi connectivity index (χ0v) is 13.3. The van der Waals surface area contributed by atoms with E-state index in [0.717, 1.165) is 32.3 Å². The van der Waals surface area contributed by atoms with Crippen LogP contribution in [0.1, 0.15) is 20.7 Å². The van der Waals surface area contributed by atoms with E-state index in [1.165, 1.54) is 14.2 Å². The zero-order valence-electron chi connectivity index (χ0n) is 13.3. The van der Waals surface area contributed by atoms with Gasteiger partial charge in [0, 0.05) is 0 Å². The average Bonchev–Trinajstić information content (AvgIpc) is 2.64. The number of carbonyl (C=O) groups is 2. The Morgan fingerprint density at radius 1 is 0.625 bits per heavy atom. The van der Waals surface area contributed by atoms with Crippen molar-refractivity contribution in [2.75, 3.05) is 14.2 Å². The molecule has 0 unspecified atom stereocenters. The molecule has 0 amide bonds. The first-order valence-corrected chi connectivity index (χ1v) is 7.53. The molecule has 4 heteroatoms. The van der Waals surface area contributed by atoms with Crippen LogP contribution in [-0.2, 0) is 9.47 Å². The molecule has 24 heavy (non-hydrogen) atoms. The molecule has 4 aromatic carbocycles. The molecule has 0 bridgehead atoms. The van der Waals surface area contributed by atoms with Gasteiger partial charge < -0.3 is 9.47 Å². The summed E-state index contributed by atoms with van der Waals surface area (Å²) in [6.07, 6.45) is 0. The second-order valence-corrected chi connectivity index (χ2v) is 5.63. The highest BCUT2D eigenvalue weighted by Crippen LogP contribution is 2.37. The van der Waals surface area contributed by atoms with Crippen molar-refractivity contribution in [2.45, 2.75) is 0 Å². The van der Waals surface area contributed by atoms with Crippen molar-refractivity contribution in [3.63, 3.8) is 0 Å². The Labute approximate surface area is 137 Å². The summed E-state index contributed by atoms with van der Waals surface area (Å²) in [7, 11) is 2.74. The van der Waals surface area contributed by atoms with Crippen LogP contribution >= 0.6 is 0 Å². The Kier molecular flexibility index (Phi) is 3.13. The van der Waals surface area contributed by atoms with E-state index in [9.17, 15) is 9.59 Å². The maximum atomic E-state index is 12.1. The van der Waals surface area contributed by atoms with Gasteiger partial charge in [-0.2, -0.15) is 0 Å². The van der Waals surface area contributed by atoms with Crippen LogP contribution < -0.4 is 0 Å². The van der Waals surface area contributed by atoms with E-state index in [0.29, 0.717) is 11.1 Å². The number of esters is 2. The summed E-state index contributed by atoms with van der Waals surface area (Å²) in [5.41, 5.74) is 1.03. The summed E-state index contributed by atoms with van der Waals surface area (Å²) in [4.78, 5) is 24.2. The van der Waals surface area contributed by atoms with Gasteiger partial charge in [0.2, 0.25) is 0 Å². The van der Waals surface area contributed by atoms with E-state index >= 15 is 0 Å². The fraction of sp³-hybridized carbons (Fsp3) is 0.100. The number of ether oxygens (including phenoxy) is 2. The molecule has 0 aliphatic rings. The van der Waals surface area contributed by atoms with Crippen molar-refractivity contribution in [2.24, 2.45) is 0 Å². The van der Waals surface area contributed by atoms with Gasteiger partial charge in [-0.1, -0.05) is 36.4 Å². The molecule has 118 valence electrons. The van der Waals surface area contributed by atoms with Gasteiger partial charge in [-0.25, -0.2) is 9.59 Å². The highest BCUT2D eigenvalue weighted by atomic mass is 16.5. The topological polar surface area (TPSA) is 52.6 Å². The third kappa shape index (κ3) is 1.86. The van der Waals surface area contributed by atoms with Crippen molar-refractivity contribution in [1.82, 2.24) is 0 Å². The quantitative estimate of drug-likeness (QED) is 0.411. The van der Waals surface area contributed by atoms with Gasteiger partial charge in [0.25, 0.3) is 0 Å². The van der Waals surface area contributed by atoms with Gasteiger partial charge in [-0.3, -0.25) is 0 Å². The summed E-state index contributed by atoms with van der Waals surface area (Å²) in [5.74, 6) is -0.748. The van der Waals surface area contributed by atoms with Crippen LogP contribution in [0.5, 0.6) is 0 Å². The van der Waals surface area contributed by atoms with Crippen molar-refractivity contribution in [1.29, 1.82) is 0 Å². The number of hydrogen-bond donors (Lipinski definition) is 0. The summed E-state index contributed by atoms with van der Waals surface area (Å²) < 4.78 is 9.79. The average molecular weight is 318 g/mol. The Morgan fingerprint density at radius 2 is 1.00 bits per heavy atom. The molecule has 0 saturated carbocycles.